The van der Waals surface area contributed by atoms with Crippen LogP contribution in [-0.4, -0.2) is 67.8 Å². The van der Waals surface area contributed by atoms with E-state index in [4.69, 9.17) is 9.47 Å². The maximum atomic E-state index is 11.6. The third-order valence-corrected chi connectivity index (χ3v) is 6.24. The molecule has 0 bridgehead atoms. The summed E-state index contributed by atoms with van der Waals surface area (Å²) < 4.78 is 35.1. The largest absolute Gasteiger partial charge is 0.474 e. The van der Waals surface area contributed by atoms with Gasteiger partial charge in [0.05, 0.1) is 18.0 Å². The van der Waals surface area contributed by atoms with Crippen LogP contribution in [0.15, 0.2) is 24.4 Å². The van der Waals surface area contributed by atoms with Gasteiger partial charge >= 0.3 is 0 Å². The van der Waals surface area contributed by atoms with Gasteiger partial charge in [-0.25, -0.2) is 13.4 Å². The van der Waals surface area contributed by atoms with Gasteiger partial charge in [0.2, 0.25) is 5.88 Å². The molecule has 0 amide bonds. The lowest BCUT2D eigenvalue weighted by Gasteiger charge is -2.53. The fourth-order valence-electron chi connectivity index (χ4n) is 3.23. The summed E-state index contributed by atoms with van der Waals surface area (Å²) in [7, 11) is -2.90. The lowest BCUT2D eigenvalue weighted by Crippen LogP contribution is -2.66. The summed E-state index contributed by atoms with van der Waals surface area (Å²) in [6.07, 6.45) is 3.53. The summed E-state index contributed by atoms with van der Waals surface area (Å²) in [6, 6.07) is 5.65. The third kappa shape index (κ3) is 4.22. The van der Waals surface area contributed by atoms with Crippen LogP contribution in [0.25, 0.3) is 0 Å². The highest BCUT2D eigenvalue weighted by molar-refractivity contribution is 7.91. The van der Waals surface area contributed by atoms with Crippen LogP contribution in [0.5, 0.6) is 5.88 Å². The molecule has 0 radical (unpaired) electrons. The normalized spacial score (nSPS) is 24.3. The van der Waals surface area contributed by atoms with Crippen molar-refractivity contribution >= 4 is 9.84 Å². The number of nitrogens with zero attached hydrogens (tertiary/aromatic N) is 2. The second-order valence-electron chi connectivity index (χ2n) is 6.38. The fourth-order valence-corrected chi connectivity index (χ4v) is 4.06. The Labute approximate surface area is 137 Å². The van der Waals surface area contributed by atoms with E-state index in [1.54, 1.807) is 13.1 Å². The van der Waals surface area contributed by atoms with Gasteiger partial charge in [-0.1, -0.05) is 13.0 Å². The molecule has 2 aliphatic rings. The number of rotatable bonds is 6. The highest BCUT2D eigenvalue weighted by atomic mass is 32.2. The number of hydrogen-bond donors (Lipinski definition) is 0. The van der Waals surface area contributed by atoms with Crippen molar-refractivity contribution < 1.29 is 17.9 Å². The Balaban J connectivity index is 1.48. The summed E-state index contributed by atoms with van der Waals surface area (Å²) in [5.41, 5.74) is -0.173. The van der Waals surface area contributed by atoms with Crippen LogP contribution in [0.2, 0.25) is 0 Å². The Kier molecular flexibility index (Phi) is 4.89. The second-order valence-corrected chi connectivity index (χ2v) is 8.85. The zero-order valence-corrected chi connectivity index (χ0v) is 14.3. The first-order valence-corrected chi connectivity index (χ1v) is 9.97. The first kappa shape index (κ1) is 16.7. The van der Waals surface area contributed by atoms with Crippen LogP contribution in [0.4, 0.5) is 0 Å². The van der Waals surface area contributed by atoms with E-state index in [9.17, 15) is 8.42 Å². The quantitative estimate of drug-likeness (QED) is 0.773. The highest BCUT2D eigenvalue weighted by Gasteiger charge is 2.48. The van der Waals surface area contributed by atoms with Crippen molar-refractivity contribution in [2.75, 3.05) is 37.7 Å². The maximum absolute atomic E-state index is 11.6. The minimum Gasteiger partial charge on any atom is -0.474 e. The van der Waals surface area contributed by atoms with E-state index < -0.39 is 9.84 Å². The van der Waals surface area contributed by atoms with Gasteiger partial charge in [0.15, 0.2) is 9.84 Å². The Bertz CT molecular complexity index is 614. The Morgan fingerprint density at radius 1 is 1.43 bits per heavy atom. The molecule has 1 aromatic heterocycles. The summed E-state index contributed by atoms with van der Waals surface area (Å²) in [6.45, 7) is 4.53. The minimum absolute atomic E-state index is 0.111. The van der Waals surface area contributed by atoms with Gasteiger partial charge in [-0.15, -0.1) is 0 Å². The molecule has 0 N–H and O–H groups in total. The van der Waals surface area contributed by atoms with Gasteiger partial charge in [0.1, 0.15) is 6.10 Å². The fraction of sp³-hybridized carbons (Fsp3) is 0.688. The van der Waals surface area contributed by atoms with E-state index in [2.05, 4.69) is 9.88 Å². The van der Waals surface area contributed by atoms with Gasteiger partial charge in [0.25, 0.3) is 0 Å². The summed E-state index contributed by atoms with van der Waals surface area (Å²) in [4.78, 5) is 6.35. The molecule has 1 aromatic rings. The smallest absolute Gasteiger partial charge is 0.213 e. The molecule has 128 valence electrons. The number of hydrogen-bond acceptors (Lipinski definition) is 6. The van der Waals surface area contributed by atoms with Crippen LogP contribution >= 0.6 is 0 Å². The Morgan fingerprint density at radius 2 is 2.26 bits per heavy atom. The zero-order valence-electron chi connectivity index (χ0n) is 13.5. The van der Waals surface area contributed by atoms with E-state index in [1.807, 2.05) is 18.2 Å². The average molecular weight is 340 g/mol. The molecule has 1 atom stereocenters. The SMILES string of the molecule is CCS(=O)(=O)CCN1CC2(C[C@H](Oc3ccccn3)CCO2)C1. The van der Waals surface area contributed by atoms with Crippen molar-refractivity contribution in [1.82, 2.24) is 9.88 Å². The lowest BCUT2D eigenvalue weighted by molar-refractivity contribution is -0.184. The van der Waals surface area contributed by atoms with Crippen LogP contribution in [-0.2, 0) is 14.6 Å². The highest BCUT2D eigenvalue weighted by Crippen LogP contribution is 2.35. The van der Waals surface area contributed by atoms with Crippen molar-refractivity contribution in [3.05, 3.63) is 24.4 Å². The molecule has 2 fully saturated rings. The molecule has 3 heterocycles. The topological polar surface area (TPSA) is 68.7 Å². The molecular weight excluding hydrogens is 316 g/mol. The predicted octanol–water partition coefficient (Wildman–Crippen LogP) is 1.13. The molecule has 3 rings (SSSR count). The lowest BCUT2D eigenvalue weighted by atomic mass is 9.85. The van der Waals surface area contributed by atoms with Gasteiger partial charge in [0, 0.05) is 50.5 Å². The van der Waals surface area contributed by atoms with Crippen LogP contribution in [0.3, 0.4) is 0 Å². The van der Waals surface area contributed by atoms with E-state index in [1.165, 1.54) is 0 Å². The number of ether oxygens (including phenoxy) is 2. The molecule has 7 heteroatoms. The maximum Gasteiger partial charge on any atom is 0.213 e. The number of aromatic nitrogens is 1. The molecule has 23 heavy (non-hydrogen) atoms. The zero-order chi connectivity index (χ0) is 16.3. The van der Waals surface area contributed by atoms with Crippen molar-refractivity contribution in [3.63, 3.8) is 0 Å². The van der Waals surface area contributed by atoms with Crippen molar-refractivity contribution in [1.29, 1.82) is 0 Å². The predicted molar refractivity (Wildman–Crippen MR) is 87.3 cm³/mol. The van der Waals surface area contributed by atoms with E-state index in [0.29, 0.717) is 19.0 Å². The van der Waals surface area contributed by atoms with Crippen molar-refractivity contribution in [2.24, 2.45) is 0 Å². The van der Waals surface area contributed by atoms with Gasteiger partial charge < -0.3 is 9.47 Å². The van der Waals surface area contributed by atoms with Gasteiger partial charge in [-0.3, -0.25) is 4.90 Å². The Morgan fingerprint density at radius 3 is 2.96 bits per heavy atom. The summed E-state index contributed by atoms with van der Waals surface area (Å²) in [5, 5.41) is 0. The molecular formula is C16H24N2O4S. The number of sulfone groups is 1. The molecule has 0 unspecified atom stereocenters. The third-order valence-electron chi connectivity index (χ3n) is 4.55. The first-order chi connectivity index (χ1) is 11.0. The average Bonchev–Trinajstić information content (AvgIpc) is 2.52. The second kappa shape index (κ2) is 6.75. The molecule has 2 saturated heterocycles. The number of likely N-dealkylation sites (tertiary alicyclic amines) is 1. The van der Waals surface area contributed by atoms with Crippen molar-refractivity contribution in [2.45, 2.75) is 31.5 Å². The van der Waals surface area contributed by atoms with Gasteiger partial charge in [-0.05, 0) is 6.07 Å². The molecule has 0 aromatic carbocycles. The first-order valence-electron chi connectivity index (χ1n) is 8.15. The van der Waals surface area contributed by atoms with Crippen LogP contribution in [0, 0.1) is 0 Å². The number of pyridine rings is 1. The molecule has 0 saturated carbocycles. The van der Waals surface area contributed by atoms with E-state index in [-0.39, 0.29) is 23.2 Å². The van der Waals surface area contributed by atoms with Crippen molar-refractivity contribution in [3.8, 4) is 5.88 Å². The van der Waals surface area contributed by atoms with Gasteiger partial charge in [-0.2, -0.15) is 0 Å². The molecule has 6 nitrogen and oxygen atoms in total. The summed E-state index contributed by atoms with van der Waals surface area (Å²) >= 11 is 0. The van der Waals surface area contributed by atoms with E-state index >= 15 is 0 Å². The van der Waals surface area contributed by atoms with Crippen LogP contribution in [0.1, 0.15) is 19.8 Å². The van der Waals surface area contributed by atoms with Crippen LogP contribution < -0.4 is 4.74 Å². The standard InChI is InChI=1S/C16H24N2O4S/c1-2-23(19,20)10-8-18-12-16(13-18)11-14(6-9-21-16)22-15-5-3-4-7-17-15/h3-5,7,14H,2,6,8-13H2,1H3/t14-/m1/s1. The molecule has 1 spiro atoms. The monoisotopic (exact) mass is 340 g/mol. The van der Waals surface area contributed by atoms with E-state index in [0.717, 1.165) is 25.9 Å². The molecule has 2 aliphatic heterocycles. The molecule has 0 aliphatic carbocycles. The summed E-state index contributed by atoms with van der Waals surface area (Å²) in [5.74, 6) is 1.09. The minimum atomic E-state index is -2.90. The Hall–Kier alpha value is -1.18.